The van der Waals surface area contributed by atoms with Crippen LogP contribution < -0.4 is 5.32 Å². The van der Waals surface area contributed by atoms with Crippen LogP contribution >= 0.6 is 0 Å². The van der Waals surface area contributed by atoms with Gasteiger partial charge in [-0.1, -0.05) is 18.2 Å². The monoisotopic (exact) mass is 297 g/mol. The summed E-state index contributed by atoms with van der Waals surface area (Å²) >= 11 is 0. The highest BCUT2D eigenvalue weighted by Gasteiger charge is 2.20. The minimum atomic E-state index is -0.960. The molecule has 0 bridgehead atoms. The summed E-state index contributed by atoms with van der Waals surface area (Å²) in [6.07, 6.45) is 0. The summed E-state index contributed by atoms with van der Waals surface area (Å²) in [5.74, 6) is -3.27. The molecule has 0 spiro atoms. The van der Waals surface area contributed by atoms with E-state index >= 15 is 0 Å². The van der Waals surface area contributed by atoms with Gasteiger partial charge in [0, 0.05) is 23.2 Å². The Labute approximate surface area is 120 Å². The first kappa shape index (κ1) is 15.5. The minimum Gasteiger partial charge on any atom is -0.303 e. The predicted octanol–water partition coefficient (Wildman–Crippen LogP) is 4.65. The molecule has 0 saturated carbocycles. The Morgan fingerprint density at radius 1 is 0.762 bits per heavy atom. The molecule has 0 fully saturated rings. The number of benzene rings is 2. The smallest absolute Gasteiger partial charge is 0.163 e. The Hall–Kier alpha value is -1.88. The lowest BCUT2D eigenvalue weighted by Gasteiger charge is -2.22. The number of nitrogens with one attached hydrogen (secondary N) is 1. The molecule has 21 heavy (non-hydrogen) atoms. The van der Waals surface area contributed by atoms with E-state index in [0.29, 0.717) is 0 Å². The Bertz CT molecular complexity index is 622. The van der Waals surface area contributed by atoms with Gasteiger partial charge in [0.2, 0.25) is 0 Å². The molecule has 2 aromatic rings. The summed E-state index contributed by atoms with van der Waals surface area (Å²) < 4.78 is 54.3. The Kier molecular flexibility index (Phi) is 4.63. The maximum atomic E-state index is 13.7. The van der Waals surface area contributed by atoms with Crippen molar-refractivity contribution in [2.45, 2.75) is 25.9 Å². The number of hydrogen-bond donors (Lipinski definition) is 1. The second kappa shape index (κ2) is 6.26. The third-order valence-corrected chi connectivity index (χ3v) is 3.38. The zero-order valence-electron chi connectivity index (χ0n) is 11.6. The second-order valence-corrected chi connectivity index (χ2v) is 4.89. The third-order valence-electron chi connectivity index (χ3n) is 3.38. The van der Waals surface area contributed by atoms with Gasteiger partial charge in [-0.3, -0.25) is 0 Å². The van der Waals surface area contributed by atoms with E-state index in [4.69, 9.17) is 0 Å². The highest BCUT2D eigenvalue weighted by Crippen LogP contribution is 2.25. The van der Waals surface area contributed by atoms with E-state index < -0.39 is 35.4 Å². The minimum absolute atomic E-state index is 0.110. The molecule has 0 saturated heterocycles. The highest BCUT2D eigenvalue weighted by molar-refractivity contribution is 5.25. The molecule has 2 unspecified atom stereocenters. The molecule has 2 rings (SSSR count). The largest absolute Gasteiger partial charge is 0.303 e. The van der Waals surface area contributed by atoms with Gasteiger partial charge in [0.15, 0.2) is 11.6 Å². The van der Waals surface area contributed by atoms with Crippen LogP contribution in [0, 0.1) is 23.3 Å². The van der Waals surface area contributed by atoms with E-state index in [-0.39, 0.29) is 11.1 Å². The van der Waals surface area contributed by atoms with E-state index in [1.54, 1.807) is 13.8 Å². The van der Waals surface area contributed by atoms with Crippen LogP contribution in [-0.4, -0.2) is 0 Å². The van der Waals surface area contributed by atoms with Crippen LogP contribution in [0.3, 0.4) is 0 Å². The van der Waals surface area contributed by atoms with Gasteiger partial charge in [-0.25, -0.2) is 17.6 Å². The number of halogens is 4. The summed E-state index contributed by atoms with van der Waals surface area (Å²) in [6.45, 7) is 3.17. The van der Waals surface area contributed by atoms with Gasteiger partial charge < -0.3 is 5.32 Å². The predicted molar refractivity (Wildman–Crippen MR) is 72.7 cm³/mol. The maximum absolute atomic E-state index is 13.7. The first-order valence-electron chi connectivity index (χ1n) is 6.55. The molecule has 0 aliphatic heterocycles. The Morgan fingerprint density at radius 2 is 1.29 bits per heavy atom. The molecule has 0 aliphatic carbocycles. The quantitative estimate of drug-likeness (QED) is 0.810. The molecule has 5 heteroatoms. The van der Waals surface area contributed by atoms with E-state index in [9.17, 15) is 17.6 Å². The van der Waals surface area contributed by atoms with Gasteiger partial charge in [-0.05, 0) is 32.0 Å². The van der Waals surface area contributed by atoms with Crippen LogP contribution in [0.15, 0.2) is 36.4 Å². The normalized spacial score (nSPS) is 14.0. The topological polar surface area (TPSA) is 12.0 Å². The SMILES string of the molecule is CC(NC(C)c1c(F)cccc1F)c1cccc(F)c1F. The molecular weight excluding hydrogens is 282 g/mol. The fourth-order valence-corrected chi connectivity index (χ4v) is 2.33. The van der Waals surface area contributed by atoms with Gasteiger partial charge in [0.25, 0.3) is 0 Å². The molecule has 0 aromatic heterocycles. The van der Waals surface area contributed by atoms with Gasteiger partial charge in [0.1, 0.15) is 11.6 Å². The zero-order valence-corrected chi connectivity index (χ0v) is 11.6. The first-order chi connectivity index (χ1) is 9.91. The van der Waals surface area contributed by atoms with Crippen LogP contribution in [0.1, 0.15) is 37.1 Å². The molecule has 1 N–H and O–H groups in total. The average molecular weight is 297 g/mol. The molecule has 2 aromatic carbocycles. The van der Waals surface area contributed by atoms with Crippen LogP contribution in [0.5, 0.6) is 0 Å². The Balaban J connectivity index is 2.23. The average Bonchev–Trinajstić information content (AvgIpc) is 2.41. The van der Waals surface area contributed by atoms with E-state index in [1.165, 1.54) is 18.2 Å². The van der Waals surface area contributed by atoms with E-state index in [0.717, 1.165) is 18.2 Å². The van der Waals surface area contributed by atoms with E-state index in [1.807, 2.05) is 0 Å². The third kappa shape index (κ3) is 3.24. The van der Waals surface area contributed by atoms with Crippen molar-refractivity contribution >= 4 is 0 Å². The van der Waals surface area contributed by atoms with Crippen molar-refractivity contribution in [2.75, 3.05) is 0 Å². The summed E-state index contributed by atoms with van der Waals surface area (Å²) in [5, 5.41) is 2.88. The lowest BCUT2D eigenvalue weighted by molar-refractivity contribution is 0.428. The summed E-state index contributed by atoms with van der Waals surface area (Å²) in [5.41, 5.74) is -0.0141. The molecule has 2 atom stereocenters. The lowest BCUT2D eigenvalue weighted by atomic mass is 10.0. The molecular formula is C16H15F4N. The number of hydrogen-bond acceptors (Lipinski definition) is 1. The van der Waals surface area contributed by atoms with Crippen molar-refractivity contribution in [1.29, 1.82) is 0 Å². The fraction of sp³-hybridized carbons (Fsp3) is 0.250. The summed E-state index contributed by atoms with van der Waals surface area (Å²) in [7, 11) is 0. The highest BCUT2D eigenvalue weighted by atomic mass is 19.2. The van der Waals surface area contributed by atoms with Crippen molar-refractivity contribution in [1.82, 2.24) is 5.32 Å². The van der Waals surface area contributed by atoms with Crippen molar-refractivity contribution in [3.63, 3.8) is 0 Å². The van der Waals surface area contributed by atoms with Crippen molar-refractivity contribution in [2.24, 2.45) is 0 Å². The van der Waals surface area contributed by atoms with Gasteiger partial charge in [-0.15, -0.1) is 0 Å². The van der Waals surface area contributed by atoms with Crippen LogP contribution in [0.25, 0.3) is 0 Å². The molecule has 112 valence electrons. The fourth-order valence-electron chi connectivity index (χ4n) is 2.33. The van der Waals surface area contributed by atoms with Crippen LogP contribution in [0.2, 0.25) is 0 Å². The van der Waals surface area contributed by atoms with Crippen molar-refractivity contribution < 1.29 is 17.6 Å². The van der Waals surface area contributed by atoms with Gasteiger partial charge in [-0.2, -0.15) is 0 Å². The Morgan fingerprint density at radius 3 is 1.90 bits per heavy atom. The van der Waals surface area contributed by atoms with E-state index in [2.05, 4.69) is 5.32 Å². The molecule has 0 aliphatic rings. The second-order valence-electron chi connectivity index (χ2n) is 4.89. The summed E-state index contributed by atoms with van der Waals surface area (Å²) in [6, 6.07) is 6.13. The maximum Gasteiger partial charge on any atom is 0.163 e. The van der Waals surface area contributed by atoms with Crippen LogP contribution in [0.4, 0.5) is 17.6 Å². The first-order valence-corrected chi connectivity index (χ1v) is 6.55. The van der Waals surface area contributed by atoms with Crippen LogP contribution in [-0.2, 0) is 0 Å². The van der Waals surface area contributed by atoms with Crippen molar-refractivity contribution in [3.05, 3.63) is 70.8 Å². The summed E-state index contributed by atoms with van der Waals surface area (Å²) in [4.78, 5) is 0. The van der Waals surface area contributed by atoms with Gasteiger partial charge in [0.05, 0.1) is 0 Å². The molecule has 1 nitrogen and oxygen atoms in total. The molecule has 0 radical (unpaired) electrons. The number of rotatable bonds is 4. The molecule has 0 amide bonds. The van der Waals surface area contributed by atoms with Crippen molar-refractivity contribution in [3.8, 4) is 0 Å². The lowest BCUT2D eigenvalue weighted by Crippen LogP contribution is -2.25. The zero-order chi connectivity index (χ0) is 15.6. The van der Waals surface area contributed by atoms with Gasteiger partial charge >= 0.3 is 0 Å². The standard InChI is InChI=1S/C16H15F4N/c1-9(11-5-3-8-14(19)16(11)20)21-10(2)15-12(17)6-4-7-13(15)18/h3-10,21H,1-2H3. The molecule has 0 heterocycles.